The summed E-state index contributed by atoms with van der Waals surface area (Å²) in [6.07, 6.45) is 1.37. The third-order valence-corrected chi connectivity index (χ3v) is 6.70. The second-order valence-electron chi connectivity index (χ2n) is 9.47. The Balaban J connectivity index is 1.95. The number of hydrogen-bond donors (Lipinski definition) is 0. The fourth-order valence-corrected chi connectivity index (χ4v) is 5.01. The number of aryl methyl sites for hydroxylation is 2. The molecule has 2 aromatic rings. The number of nitrogens with zero attached hydrogens (tertiary/aromatic N) is 1. The predicted octanol–water partition coefficient (Wildman–Crippen LogP) is 6.13. The van der Waals surface area contributed by atoms with Crippen LogP contribution in [0, 0.1) is 19.3 Å². The van der Waals surface area contributed by atoms with Crippen molar-refractivity contribution in [3.8, 4) is 5.75 Å². The van der Waals surface area contributed by atoms with Crippen molar-refractivity contribution in [1.82, 2.24) is 0 Å². The van der Waals surface area contributed by atoms with Crippen molar-refractivity contribution in [3.63, 3.8) is 0 Å². The molecule has 1 aliphatic heterocycles. The number of anilines is 1. The van der Waals surface area contributed by atoms with Gasteiger partial charge in [-0.3, -0.25) is 14.5 Å². The first-order valence-electron chi connectivity index (χ1n) is 10.6. The van der Waals surface area contributed by atoms with E-state index >= 15 is 0 Å². The van der Waals surface area contributed by atoms with Crippen LogP contribution in [0.25, 0.3) is 0 Å². The summed E-state index contributed by atoms with van der Waals surface area (Å²) in [5, 5.41) is 0.581. The Morgan fingerprint density at radius 1 is 1.10 bits per heavy atom. The van der Waals surface area contributed by atoms with Crippen molar-refractivity contribution in [3.05, 3.63) is 69.4 Å². The summed E-state index contributed by atoms with van der Waals surface area (Å²) in [6.45, 7) is 8.10. The molecule has 1 unspecified atom stereocenters. The maximum Gasteiger partial charge on any atom is 0.232 e. The van der Waals surface area contributed by atoms with Crippen LogP contribution < -0.4 is 9.64 Å². The Kier molecular flexibility index (Phi) is 5.47. The molecule has 162 valence electrons. The summed E-state index contributed by atoms with van der Waals surface area (Å²) < 4.78 is 5.58. The van der Waals surface area contributed by atoms with Crippen LogP contribution >= 0.6 is 11.6 Å². The fraction of sp³-hybridized carbons (Fsp3) is 0.385. The van der Waals surface area contributed by atoms with Crippen LogP contribution in [-0.2, 0) is 9.59 Å². The van der Waals surface area contributed by atoms with Crippen LogP contribution in [0.4, 0.5) is 5.69 Å². The number of hydrogen-bond acceptors (Lipinski definition) is 3. The zero-order chi connectivity index (χ0) is 22.5. The largest absolute Gasteiger partial charge is 0.495 e. The second kappa shape index (κ2) is 7.83. The van der Waals surface area contributed by atoms with Gasteiger partial charge in [0.15, 0.2) is 5.78 Å². The molecule has 5 heteroatoms. The number of methoxy groups -OCH3 is 1. The van der Waals surface area contributed by atoms with Gasteiger partial charge in [0.1, 0.15) is 5.75 Å². The molecule has 1 heterocycles. The van der Waals surface area contributed by atoms with E-state index in [1.54, 1.807) is 18.1 Å². The average molecular weight is 438 g/mol. The van der Waals surface area contributed by atoms with Crippen LogP contribution in [0.2, 0.25) is 5.02 Å². The van der Waals surface area contributed by atoms with E-state index in [1.165, 1.54) is 0 Å². The van der Waals surface area contributed by atoms with E-state index in [1.807, 2.05) is 38.1 Å². The average Bonchev–Trinajstić information content (AvgIpc) is 2.68. The third-order valence-electron chi connectivity index (χ3n) is 6.29. The first kappa shape index (κ1) is 21.6. The number of allylic oxidation sites excluding steroid dienone is 2. The molecular weight excluding hydrogens is 410 g/mol. The first-order chi connectivity index (χ1) is 14.6. The minimum absolute atomic E-state index is 0.0317. The number of ketones is 1. The van der Waals surface area contributed by atoms with E-state index in [9.17, 15) is 9.59 Å². The third kappa shape index (κ3) is 3.89. The Labute approximate surface area is 188 Å². The van der Waals surface area contributed by atoms with Crippen molar-refractivity contribution < 1.29 is 14.3 Å². The van der Waals surface area contributed by atoms with E-state index in [2.05, 4.69) is 19.9 Å². The zero-order valence-electron chi connectivity index (χ0n) is 18.7. The van der Waals surface area contributed by atoms with Crippen molar-refractivity contribution in [2.45, 2.75) is 52.9 Å². The van der Waals surface area contributed by atoms with Crippen LogP contribution in [0.3, 0.4) is 0 Å². The molecule has 0 aromatic heterocycles. The van der Waals surface area contributed by atoms with Crippen LogP contribution in [0.1, 0.15) is 55.7 Å². The number of ether oxygens (including phenoxy) is 1. The lowest BCUT2D eigenvalue weighted by Crippen LogP contribution is -2.43. The van der Waals surface area contributed by atoms with E-state index in [0.29, 0.717) is 29.3 Å². The molecule has 0 saturated carbocycles. The van der Waals surface area contributed by atoms with Gasteiger partial charge in [-0.25, -0.2) is 0 Å². The minimum atomic E-state index is -0.225. The zero-order valence-corrected chi connectivity index (χ0v) is 19.5. The highest BCUT2D eigenvalue weighted by atomic mass is 35.5. The normalized spacial score (nSPS) is 20.7. The molecule has 2 aromatic carbocycles. The molecule has 0 N–H and O–H groups in total. The molecule has 0 bridgehead atoms. The molecule has 1 atom stereocenters. The van der Waals surface area contributed by atoms with E-state index in [-0.39, 0.29) is 29.4 Å². The van der Waals surface area contributed by atoms with Crippen molar-refractivity contribution >= 4 is 29.0 Å². The van der Waals surface area contributed by atoms with Gasteiger partial charge in [0, 0.05) is 41.1 Å². The summed E-state index contributed by atoms with van der Waals surface area (Å²) >= 11 is 6.31. The molecule has 0 saturated heterocycles. The van der Waals surface area contributed by atoms with Gasteiger partial charge in [0.05, 0.1) is 12.8 Å². The van der Waals surface area contributed by atoms with Crippen molar-refractivity contribution in [2.24, 2.45) is 5.41 Å². The van der Waals surface area contributed by atoms with E-state index < -0.39 is 0 Å². The standard InChI is InChI=1S/C26H28ClNO3/c1-15-7-6-8-17(9-15)18-11-24(30)28(20-10-16(2)19(27)12-23(20)31-5)21-13-26(3,4)14-22(29)25(18)21/h6-10,12,18H,11,13-14H2,1-5H3. The summed E-state index contributed by atoms with van der Waals surface area (Å²) in [6, 6.07) is 11.7. The maximum atomic E-state index is 13.6. The van der Waals surface area contributed by atoms with Crippen molar-refractivity contribution in [2.75, 3.05) is 12.0 Å². The van der Waals surface area contributed by atoms with Gasteiger partial charge < -0.3 is 4.74 Å². The van der Waals surface area contributed by atoms with Crippen LogP contribution in [0.15, 0.2) is 47.7 Å². The van der Waals surface area contributed by atoms with Crippen LogP contribution in [-0.4, -0.2) is 18.8 Å². The number of Topliss-reactive ketones (excluding diaryl/α,β-unsaturated/α-hetero) is 1. The van der Waals surface area contributed by atoms with Gasteiger partial charge in [0.25, 0.3) is 0 Å². The Hall–Kier alpha value is -2.59. The molecule has 0 spiro atoms. The SMILES string of the molecule is COc1cc(Cl)c(C)cc1N1C(=O)CC(c2cccc(C)c2)C2=C1CC(C)(C)CC2=O. The highest BCUT2D eigenvalue weighted by Crippen LogP contribution is 2.50. The number of carbonyl (C=O) groups excluding carboxylic acids is 2. The molecule has 0 radical (unpaired) electrons. The van der Waals surface area contributed by atoms with Gasteiger partial charge in [-0.1, -0.05) is 55.3 Å². The molecule has 2 aliphatic rings. The molecule has 0 fully saturated rings. The molecule has 1 aliphatic carbocycles. The molecule has 31 heavy (non-hydrogen) atoms. The van der Waals surface area contributed by atoms with Crippen LogP contribution in [0.5, 0.6) is 5.75 Å². The van der Waals surface area contributed by atoms with Gasteiger partial charge in [-0.05, 0) is 42.9 Å². The topological polar surface area (TPSA) is 46.6 Å². The monoisotopic (exact) mass is 437 g/mol. The quantitative estimate of drug-likeness (QED) is 0.580. The molecule has 4 nitrogen and oxygen atoms in total. The Morgan fingerprint density at radius 2 is 1.84 bits per heavy atom. The number of halogens is 1. The summed E-state index contributed by atoms with van der Waals surface area (Å²) in [5.41, 5.74) is 4.98. The second-order valence-corrected chi connectivity index (χ2v) is 9.88. The summed E-state index contributed by atoms with van der Waals surface area (Å²) in [7, 11) is 1.57. The number of carbonyl (C=O) groups is 2. The number of amides is 1. The summed E-state index contributed by atoms with van der Waals surface area (Å²) in [4.78, 5) is 28.7. The highest BCUT2D eigenvalue weighted by Gasteiger charge is 2.45. The van der Waals surface area contributed by atoms with Gasteiger partial charge in [-0.2, -0.15) is 0 Å². The van der Waals surface area contributed by atoms with Gasteiger partial charge >= 0.3 is 0 Å². The highest BCUT2D eigenvalue weighted by molar-refractivity contribution is 6.31. The first-order valence-corrected chi connectivity index (χ1v) is 11.0. The lowest BCUT2D eigenvalue weighted by atomic mass is 9.69. The number of benzene rings is 2. The van der Waals surface area contributed by atoms with Gasteiger partial charge in [-0.15, -0.1) is 0 Å². The smallest absolute Gasteiger partial charge is 0.232 e. The lowest BCUT2D eigenvalue weighted by molar-refractivity contribution is -0.121. The van der Waals surface area contributed by atoms with E-state index in [4.69, 9.17) is 16.3 Å². The van der Waals surface area contributed by atoms with E-state index in [0.717, 1.165) is 28.0 Å². The molecule has 4 rings (SSSR count). The molecular formula is C26H28ClNO3. The Bertz CT molecular complexity index is 1120. The summed E-state index contributed by atoms with van der Waals surface area (Å²) in [5.74, 6) is 0.401. The van der Waals surface area contributed by atoms with Gasteiger partial charge in [0.2, 0.25) is 5.91 Å². The maximum absolute atomic E-state index is 13.6. The minimum Gasteiger partial charge on any atom is -0.495 e. The van der Waals surface area contributed by atoms with Crippen molar-refractivity contribution in [1.29, 1.82) is 0 Å². The lowest BCUT2D eigenvalue weighted by Gasteiger charge is -2.43. The fourth-order valence-electron chi connectivity index (χ4n) is 4.85. The predicted molar refractivity (Wildman–Crippen MR) is 124 cm³/mol. The number of rotatable bonds is 3. The Morgan fingerprint density at radius 3 is 2.52 bits per heavy atom. The molecule has 1 amide bonds.